The van der Waals surface area contributed by atoms with Gasteiger partial charge < -0.3 is 38.4 Å². The molecule has 0 radical (unpaired) electrons. The number of aromatic amines is 3. The summed E-state index contributed by atoms with van der Waals surface area (Å²) < 4.78 is 7.44. The van der Waals surface area contributed by atoms with Crippen LogP contribution in [0.2, 0.25) is 31.3 Å². The fourth-order valence-corrected chi connectivity index (χ4v) is 8.58. The molecule has 358 valence electrons. The summed E-state index contributed by atoms with van der Waals surface area (Å²) in [6, 6.07) is 2.90. The number of imidazole rings is 4. The molecule has 0 bridgehead atoms. The van der Waals surface area contributed by atoms with Crippen molar-refractivity contribution in [1.29, 1.82) is 0 Å². The van der Waals surface area contributed by atoms with Gasteiger partial charge in [-0.1, -0.05) is 69.9 Å². The molecule has 64 heavy (non-hydrogen) atoms. The predicted octanol–water partition coefficient (Wildman–Crippen LogP) is 12.9. The van der Waals surface area contributed by atoms with Gasteiger partial charge in [0, 0.05) is 60.8 Å². The lowest BCUT2D eigenvalue weighted by molar-refractivity contribution is 0.271. The number of nitrogens with zero attached hydrogens (tertiary/aromatic N) is 9. The van der Waals surface area contributed by atoms with Crippen LogP contribution in [-0.4, -0.2) is 68.4 Å². The molecule has 16 nitrogen and oxygen atoms in total. The van der Waals surface area contributed by atoms with Crippen LogP contribution in [0.25, 0.3) is 0 Å². The lowest BCUT2D eigenvalue weighted by Gasteiger charge is -2.06. The number of aromatic nitrogens is 12. The van der Waals surface area contributed by atoms with Crippen LogP contribution < -0.4 is 11.1 Å². The van der Waals surface area contributed by atoms with Gasteiger partial charge in [0.25, 0.3) is 11.1 Å². The number of rotatable bonds is 10. The molecule has 6 aromatic rings. The van der Waals surface area contributed by atoms with E-state index in [4.69, 9.17) is 79.8 Å². The Bertz CT molecular complexity index is 2330. The molecule has 0 aliphatic heterocycles. The summed E-state index contributed by atoms with van der Waals surface area (Å²) >= 11 is 53.8. The van der Waals surface area contributed by atoms with Crippen molar-refractivity contribution in [3.05, 3.63) is 116 Å². The first-order valence-corrected chi connectivity index (χ1v) is 30.2. The fourth-order valence-electron chi connectivity index (χ4n) is 4.78. The van der Waals surface area contributed by atoms with E-state index in [1.165, 1.54) is 23.9 Å². The molecule has 0 fully saturated rings. The number of hydrogen-bond donors (Lipinski definition) is 5. The molecule has 6 heterocycles. The number of H-pyrrole nitrogens is 3. The van der Waals surface area contributed by atoms with Gasteiger partial charge in [0.1, 0.15) is 4.03 Å². The summed E-state index contributed by atoms with van der Waals surface area (Å²) in [6.07, 6.45) is 3.38. The number of aliphatic hydroxyl groups excluding tert-OH is 2. The van der Waals surface area contributed by atoms with Crippen LogP contribution in [0.3, 0.4) is 0 Å². The van der Waals surface area contributed by atoms with E-state index in [2.05, 4.69) is 114 Å². The number of halogens is 10. The highest BCUT2D eigenvalue weighted by atomic mass is 80.0. The van der Waals surface area contributed by atoms with Crippen molar-refractivity contribution in [2.24, 2.45) is 0 Å². The largest absolute Gasteiger partial charge is 0.390 e. The lowest BCUT2D eigenvalue weighted by atomic mass is 10.5. The van der Waals surface area contributed by atoms with E-state index in [-0.39, 0.29) is 40.9 Å². The van der Waals surface area contributed by atoms with Crippen molar-refractivity contribution < 1.29 is 10.2 Å². The standard InChI is InChI=1S/C11H12Cl2N4OS.C6H7BrCl2N2.C6H8Cl2N2O.C6H10N2O.C5H6N2OS.CH4.Br3P/c1-3-17-7(9(12)16-10(17)13)5-19-11-14-6(2)4-8(18)15-11;1-2-11-4(3-7)5(8)10-6(11)9;1-2-10-4(3-11)5(7)9-6(10)8;1-2-8-5-7-3-6(8)4-9;1-3-2-4(8)7-5(9)6-3;;1-4(2)3/h4H,3,5H2,1-2H3,(H,14,15,18);2-3H2,1H3;11H,2-3H2,1H3;3,5,9H,2,4H2,1H3;2H,1H3,(H2,6,7,8,9);1H4;. The minimum Gasteiger partial charge on any atom is -0.390 e. The zero-order chi connectivity index (χ0) is 48.0. The molecular weight excluding hydrogens is 1280 g/mol. The van der Waals surface area contributed by atoms with Crippen molar-refractivity contribution >= 4 is 160 Å². The Hall–Kier alpha value is -0.820. The molecule has 0 spiro atoms. The van der Waals surface area contributed by atoms with Gasteiger partial charge in [0.15, 0.2) is 25.4 Å². The molecule has 0 aliphatic carbocycles. The highest BCUT2D eigenvalue weighted by molar-refractivity contribution is 9.93. The number of hydrogen-bond acceptors (Lipinski definition) is 11. The molecule has 0 aromatic carbocycles. The molecule has 0 saturated carbocycles. The van der Waals surface area contributed by atoms with Gasteiger partial charge in [0.05, 0.1) is 48.5 Å². The highest BCUT2D eigenvalue weighted by Crippen LogP contribution is 2.59. The van der Waals surface area contributed by atoms with Crippen LogP contribution in [0.1, 0.15) is 69.3 Å². The third kappa shape index (κ3) is 22.1. The van der Waals surface area contributed by atoms with E-state index in [9.17, 15) is 9.59 Å². The first-order chi connectivity index (χ1) is 29.7. The second-order valence-electron chi connectivity index (χ2n) is 11.7. The van der Waals surface area contributed by atoms with Crippen LogP contribution in [0.5, 0.6) is 0 Å². The Morgan fingerprint density at radius 3 is 1.56 bits per heavy atom. The molecule has 0 amide bonds. The molecular formula is C35H47Br4Cl6N12O4PS2. The number of thioether (sulfide) groups is 1. The lowest BCUT2D eigenvalue weighted by Crippen LogP contribution is -2.08. The Morgan fingerprint density at radius 1 is 0.719 bits per heavy atom. The summed E-state index contributed by atoms with van der Waals surface area (Å²) in [6.45, 7) is 14.4. The molecule has 0 aliphatic rings. The van der Waals surface area contributed by atoms with Crippen LogP contribution in [0.15, 0.2) is 39.4 Å². The number of alkyl halides is 1. The van der Waals surface area contributed by atoms with Gasteiger partial charge in [0.2, 0.25) is 15.9 Å². The van der Waals surface area contributed by atoms with E-state index in [0.717, 1.165) is 35.9 Å². The highest BCUT2D eigenvalue weighted by Gasteiger charge is 2.15. The molecule has 6 rings (SSSR count). The van der Waals surface area contributed by atoms with Crippen molar-refractivity contribution in [2.45, 2.75) is 105 Å². The van der Waals surface area contributed by atoms with Gasteiger partial charge in [-0.3, -0.25) is 14.6 Å². The van der Waals surface area contributed by atoms with Crippen molar-refractivity contribution in [3.63, 3.8) is 0 Å². The Labute approximate surface area is 444 Å². The van der Waals surface area contributed by atoms with Crippen molar-refractivity contribution in [1.82, 2.24) is 58.1 Å². The van der Waals surface area contributed by atoms with E-state index >= 15 is 0 Å². The van der Waals surface area contributed by atoms with Gasteiger partial charge in [-0.25, -0.2) is 24.9 Å². The SMILES string of the molecule is BrP(Br)Br.C.CCn1c(Cl)nc(Cl)c1CBr.CCn1c(Cl)nc(Cl)c1CO.CCn1c(Cl)nc(Cl)c1CSc1nc(C)cc(=O)[nH]1.CCn1cncc1CO.Cc1cc(=O)[nH]c(=S)[nH]1. The topological polar surface area (TPSA) is 206 Å². The third-order valence-corrected chi connectivity index (χ3v) is 10.9. The van der Waals surface area contributed by atoms with Crippen molar-refractivity contribution in [2.75, 3.05) is 0 Å². The molecule has 0 unspecified atom stereocenters. The minimum absolute atomic E-state index is 0. The first-order valence-electron chi connectivity index (χ1n) is 18.0. The molecule has 29 heteroatoms. The van der Waals surface area contributed by atoms with Crippen LogP contribution >= 0.6 is 160 Å². The Morgan fingerprint density at radius 2 is 1.19 bits per heavy atom. The summed E-state index contributed by atoms with van der Waals surface area (Å²) in [5.74, 6) is 0.540. The van der Waals surface area contributed by atoms with Crippen molar-refractivity contribution in [3.8, 4) is 0 Å². The monoisotopic (exact) mass is 1320 g/mol. The van der Waals surface area contributed by atoms with E-state index in [1.54, 1.807) is 30.9 Å². The van der Waals surface area contributed by atoms with E-state index in [0.29, 0.717) is 71.6 Å². The second-order valence-corrected chi connectivity index (χ2v) is 31.0. The zero-order valence-electron chi connectivity index (χ0n) is 34.2. The molecule has 5 N–H and O–H groups in total. The van der Waals surface area contributed by atoms with Gasteiger partial charge in [-0.15, -0.1) is 0 Å². The average molecular weight is 1330 g/mol. The summed E-state index contributed by atoms with van der Waals surface area (Å²) in [5, 5.41) is 21.0. The number of nitrogens with one attached hydrogen (secondary N) is 3. The van der Waals surface area contributed by atoms with E-state index in [1.807, 2.05) is 41.4 Å². The number of aliphatic hydroxyl groups is 2. The van der Waals surface area contributed by atoms with Crippen LogP contribution in [0.4, 0.5) is 0 Å². The normalized spacial score (nSPS) is 10.2. The maximum Gasteiger partial charge on any atom is 0.251 e. The maximum atomic E-state index is 11.3. The number of aryl methyl sites for hydroxylation is 3. The summed E-state index contributed by atoms with van der Waals surface area (Å²) in [5.41, 5.74) is 4.33. The second kappa shape index (κ2) is 33.6. The summed E-state index contributed by atoms with van der Waals surface area (Å²) in [4.78, 5) is 49.6. The average Bonchev–Trinajstić information content (AvgIpc) is 3.94. The maximum absolute atomic E-state index is 11.3. The fraction of sp³-hybridized carbons (Fsp3) is 0.429. The Balaban J connectivity index is 0.000000779. The smallest absolute Gasteiger partial charge is 0.251 e. The molecule has 6 aromatic heterocycles. The van der Waals surface area contributed by atoms with Crippen LogP contribution in [0, 0.1) is 18.6 Å². The van der Waals surface area contributed by atoms with Crippen LogP contribution in [-0.2, 0) is 50.5 Å². The van der Waals surface area contributed by atoms with E-state index < -0.39 is 0 Å². The third-order valence-electron chi connectivity index (χ3n) is 7.55. The molecule has 0 saturated heterocycles. The minimum atomic E-state index is -0.183. The molecule has 0 atom stereocenters. The quantitative estimate of drug-likeness (QED) is 0.0287. The summed E-state index contributed by atoms with van der Waals surface area (Å²) in [7, 11) is 0. The zero-order valence-corrected chi connectivity index (χ0v) is 47.7. The van der Waals surface area contributed by atoms with Gasteiger partial charge in [-0.05, 0) is 135 Å². The first kappa shape index (κ1) is 63.2. The van der Waals surface area contributed by atoms with Gasteiger partial charge >= 0.3 is 0 Å². The predicted molar refractivity (Wildman–Crippen MR) is 283 cm³/mol. The Kier molecular flexibility index (Phi) is 33.2. The van der Waals surface area contributed by atoms with Gasteiger partial charge in [-0.2, -0.15) is 0 Å².